The van der Waals surface area contributed by atoms with E-state index < -0.39 is 6.10 Å². The molecule has 0 aliphatic rings. The van der Waals surface area contributed by atoms with Gasteiger partial charge in [0, 0.05) is 18.9 Å². The first-order chi connectivity index (χ1) is 10.3. The fourth-order valence-corrected chi connectivity index (χ4v) is 2.15. The molecular formula is C17H21NO3. The Morgan fingerprint density at radius 1 is 1.24 bits per heavy atom. The molecule has 1 unspecified atom stereocenters. The van der Waals surface area contributed by atoms with E-state index in [1.54, 1.807) is 19.5 Å². The lowest BCUT2D eigenvalue weighted by atomic mass is 9.98. The van der Waals surface area contributed by atoms with Gasteiger partial charge >= 0.3 is 0 Å². The molecule has 0 spiro atoms. The molecule has 1 aromatic heterocycles. The van der Waals surface area contributed by atoms with Crippen molar-refractivity contribution in [2.24, 2.45) is 0 Å². The van der Waals surface area contributed by atoms with E-state index in [9.17, 15) is 5.11 Å². The van der Waals surface area contributed by atoms with Crippen molar-refractivity contribution in [3.05, 3.63) is 59.4 Å². The van der Waals surface area contributed by atoms with Gasteiger partial charge in [0.25, 0.3) is 0 Å². The highest BCUT2D eigenvalue weighted by molar-refractivity contribution is 5.36. The van der Waals surface area contributed by atoms with Gasteiger partial charge in [0.15, 0.2) is 0 Å². The summed E-state index contributed by atoms with van der Waals surface area (Å²) in [5.74, 6) is 0.678. The minimum Gasteiger partial charge on any atom is -0.492 e. The zero-order valence-electron chi connectivity index (χ0n) is 12.5. The van der Waals surface area contributed by atoms with Crippen LogP contribution in [0.1, 0.15) is 36.1 Å². The summed E-state index contributed by atoms with van der Waals surface area (Å²) in [4.78, 5) is 4.14. The highest BCUT2D eigenvalue weighted by atomic mass is 16.5. The molecule has 1 heterocycles. The lowest BCUT2D eigenvalue weighted by molar-refractivity contribution is 0.176. The highest BCUT2D eigenvalue weighted by Gasteiger charge is 2.15. The number of aliphatic hydroxyl groups excluding tert-OH is 1. The lowest BCUT2D eigenvalue weighted by Gasteiger charge is -2.16. The van der Waals surface area contributed by atoms with Crippen LogP contribution in [0.15, 0.2) is 42.7 Å². The van der Waals surface area contributed by atoms with E-state index in [-0.39, 0.29) is 0 Å². The number of nitrogens with zero attached hydrogens (tertiary/aromatic N) is 1. The number of aromatic nitrogens is 1. The molecule has 1 N–H and O–H groups in total. The molecule has 2 aromatic rings. The summed E-state index contributed by atoms with van der Waals surface area (Å²) in [6, 6.07) is 9.52. The molecule has 21 heavy (non-hydrogen) atoms. The van der Waals surface area contributed by atoms with Gasteiger partial charge in [-0.2, -0.15) is 0 Å². The van der Waals surface area contributed by atoms with E-state index >= 15 is 0 Å². The summed E-state index contributed by atoms with van der Waals surface area (Å²) in [6.45, 7) is 3.15. The van der Waals surface area contributed by atoms with E-state index in [4.69, 9.17) is 9.47 Å². The van der Waals surface area contributed by atoms with Gasteiger partial charge in [-0.3, -0.25) is 4.98 Å². The van der Waals surface area contributed by atoms with Crippen molar-refractivity contribution in [3.8, 4) is 5.75 Å². The van der Waals surface area contributed by atoms with Crippen LogP contribution >= 0.6 is 0 Å². The van der Waals surface area contributed by atoms with Crippen LogP contribution in [0.2, 0.25) is 0 Å². The van der Waals surface area contributed by atoms with Crippen molar-refractivity contribution in [1.82, 2.24) is 4.98 Å². The number of aliphatic hydroxyl groups is 1. The monoisotopic (exact) mass is 287 g/mol. The minimum atomic E-state index is -0.742. The SMILES string of the molecule is CCCOc1cncc(C(O)c2ccccc2COC)c1. The fourth-order valence-electron chi connectivity index (χ4n) is 2.15. The van der Waals surface area contributed by atoms with E-state index in [2.05, 4.69) is 4.98 Å². The van der Waals surface area contributed by atoms with Gasteiger partial charge in [-0.25, -0.2) is 0 Å². The van der Waals surface area contributed by atoms with Crippen molar-refractivity contribution in [3.63, 3.8) is 0 Å². The first-order valence-electron chi connectivity index (χ1n) is 7.08. The Balaban J connectivity index is 2.25. The molecule has 2 rings (SSSR count). The fraction of sp³-hybridized carbons (Fsp3) is 0.353. The van der Waals surface area contributed by atoms with Gasteiger partial charge in [0.1, 0.15) is 11.9 Å². The van der Waals surface area contributed by atoms with Crippen molar-refractivity contribution in [2.75, 3.05) is 13.7 Å². The van der Waals surface area contributed by atoms with Crippen molar-refractivity contribution in [1.29, 1.82) is 0 Å². The third-order valence-corrected chi connectivity index (χ3v) is 3.17. The second-order valence-corrected chi connectivity index (χ2v) is 4.84. The van der Waals surface area contributed by atoms with Crippen LogP contribution < -0.4 is 4.74 Å². The van der Waals surface area contributed by atoms with E-state index in [1.807, 2.05) is 37.3 Å². The van der Waals surface area contributed by atoms with Gasteiger partial charge in [0.05, 0.1) is 19.4 Å². The van der Waals surface area contributed by atoms with Crippen molar-refractivity contribution >= 4 is 0 Å². The van der Waals surface area contributed by atoms with Crippen LogP contribution in [0.5, 0.6) is 5.75 Å². The smallest absolute Gasteiger partial charge is 0.137 e. The molecule has 1 atom stereocenters. The van der Waals surface area contributed by atoms with Crippen LogP contribution in [0.4, 0.5) is 0 Å². The minimum absolute atomic E-state index is 0.465. The van der Waals surface area contributed by atoms with Gasteiger partial charge in [-0.15, -0.1) is 0 Å². The number of methoxy groups -OCH3 is 1. The number of benzene rings is 1. The number of ether oxygens (including phenoxy) is 2. The average Bonchev–Trinajstić information content (AvgIpc) is 2.53. The molecule has 0 bridgehead atoms. The molecule has 0 amide bonds. The Morgan fingerprint density at radius 3 is 2.81 bits per heavy atom. The molecule has 112 valence electrons. The summed E-state index contributed by atoms with van der Waals surface area (Å²) in [6.07, 6.45) is 3.51. The quantitative estimate of drug-likeness (QED) is 0.850. The van der Waals surface area contributed by atoms with Crippen molar-refractivity contribution < 1.29 is 14.6 Å². The number of hydrogen-bond donors (Lipinski definition) is 1. The molecule has 1 aromatic carbocycles. The summed E-state index contributed by atoms with van der Waals surface area (Å²) in [5.41, 5.74) is 2.51. The second kappa shape index (κ2) is 7.76. The first-order valence-corrected chi connectivity index (χ1v) is 7.08. The maximum Gasteiger partial charge on any atom is 0.137 e. The van der Waals surface area contributed by atoms with Crippen molar-refractivity contribution in [2.45, 2.75) is 26.1 Å². The third kappa shape index (κ3) is 4.03. The van der Waals surface area contributed by atoms with Gasteiger partial charge in [0.2, 0.25) is 0 Å². The Labute approximate surface area is 125 Å². The van der Waals surface area contributed by atoms with E-state index in [0.29, 0.717) is 24.5 Å². The summed E-state index contributed by atoms with van der Waals surface area (Å²) in [5, 5.41) is 10.6. The predicted octanol–water partition coefficient (Wildman–Crippen LogP) is 3.10. The Kier molecular flexibility index (Phi) is 5.72. The maximum absolute atomic E-state index is 10.6. The summed E-state index contributed by atoms with van der Waals surface area (Å²) < 4.78 is 10.7. The molecule has 0 aliphatic carbocycles. The zero-order chi connectivity index (χ0) is 15.1. The molecule has 0 aliphatic heterocycles. The lowest BCUT2D eigenvalue weighted by Crippen LogP contribution is -2.06. The maximum atomic E-state index is 10.6. The number of pyridine rings is 1. The first kappa shape index (κ1) is 15.5. The average molecular weight is 287 g/mol. The molecule has 0 saturated carbocycles. The molecule has 4 heteroatoms. The van der Waals surface area contributed by atoms with Gasteiger partial charge in [-0.05, 0) is 23.6 Å². The van der Waals surface area contributed by atoms with E-state index in [0.717, 1.165) is 17.5 Å². The summed E-state index contributed by atoms with van der Waals surface area (Å²) in [7, 11) is 1.64. The normalized spacial score (nSPS) is 12.1. The molecule has 0 radical (unpaired) electrons. The number of rotatable bonds is 7. The van der Waals surface area contributed by atoms with Crippen LogP contribution in [0.25, 0.3) is 0 Å². The highest BCUT2D eigenvalue weighted by Crippen LogP contribution is 2.27. The topological polar surface area (TPSA) is 51.6 Å². The third-order valence-electron chi connectivity index (χ3n) is 3.17. The molecular weight excluding hydrogens is 266 g/mol. The second-order valence-electron chi connectivity index (χ2n) is 4.84. The number of hydrogen-bond acceptors (Lipinski definition) is 4. The van der Waals surface area contributed by atoms with Crippen LogP contribution in [-0.4, -0.2) is 23.8 Å². The van der Waals surface area contributed by atoms with Crippen LogP contribution in [-0.2, 0) is 11.3 Å². The van der Waals surface area contributed by atoms with Crippen LogP contribution in [0, 0.1) is 0 Å². The molecule has 0 fully saturated rings. The Hall–Kier alpha value is -1.91. The standard InChI is InChI=1S/C17H21NO3/c1-3-8-21-15-9-14(10-18-11-15)17(19)16-7-5-4-6-13(16)12-20-2/h4-7,9-11,17,19H,3,8,12H2,1-2H3. The molecule has 4 nitrogen and oxygen atoms in total. The Morgan fingerprint density at radius 2 is 2.05 bits per heavy atom. The largest absolute Gasteiger partial charge is 0.492 e. The predicted molar refractivity (Wildman–Crippen MR) is 81.2 cm³/mol. The van der Waals surface area contributed by atoms with Gasteiger partial charge < -0.3 is 14.6 Å². The zero-order valence-corrected chi connectivity index (χ0v) is 12.5. The van der Waals surface area contributed by atoms with E-state index in [1.165, 1.54) is 0 Å². The Bertz CT molecular complexity index is 571. The molecule has 0 saturated heterocycles. The van der Waals surface area contributed by atoms with Crippen LogP contribution in [0.3, 0.4) is 0 Å². The summed E-state index contributed by atoms with van der Waals surface area (Å²) >= 11 is 0. The van der Waals surface area contributed by atoms with Gasteiger partial charge in [-0.1, -0.05) is 31.2 Å².